The standard InChI is InChI=1S/C23H25N5O2/c1-17-13-18(2)15-20(14-17)30-16-23(29)28-11-9-27(10-12-28)22-4-3-21(25-26-22)19-5-7-24-8-6-19/h3-8,13-15H,9-12,16H2,1-2H3. The molecule has 7 nitrogen and oxygen atoms in total. The number of hydrogen-bond donors (Lipinski definition) is 0. The molecular formula is C23H25N5O2. The van der Waals surface area contributed by atoms with Crippen molar-refractivity contribution in [2.24, 2.45) is 0 Å². The van der Waals surface area contributed by atoms with Crippen LogP contribution in [-0.4, -0.2) is 58.8 Å². The minimum atomic E-state index is 0.00734. The second-order valence-electron chi connectivity index (χ2n) is 7.49. The molecule has 0 atom stereocenters. The van der Waals surface area contributed by atoms with Crippen LogP contribution in [-0.2, 0) is 4.79 Å². The number of piperazine rings is 1. The molecule has 1 fully saturated rings. The van der Waals surface area contributed by atoms with Crippen LogP contribution < -0.4 is 9.64 Å². The van der Waals surface area contributed by atoms with Crippen LogP contribution in [0.25, 0.3) is 11.3 Å². The molecule has 30 heavy (non-hydrogen) atoms. The Morgan fingerprint density at radius 1 is 0.933 bits per heavy atom. The van der Waals surface area contributed by atoms with Gasteiger partial charge in [-0.05, 0) is 61.4 Å². The fourth-order valence-electron chi connectivity index (χ4n) is 3.61. The third kappa shape index (κ3) is 4.74. The molecule has 1 aliphatic rings. The predicted molar refractivity (Wildman–Crippen MR) is 115 cm³/mol. The van der Waals surface area contributed by atoms with Crippen LogP contribution in [0.3, 0.4) is 0 Å². The second kappa shape index (κ2) is 8.90. The predicted octanol–water partition coefficient (Wildman–Crippen LogP) is 2.88. The summed E-state index contributed by atoms with van der Waals surface area (Å²) >= 11 is 0. The molecule has 0 spiro atoms. The van der Waals surface area contributed by atoms with Gasteiger partial charge < -0.3 is 14.5 Å². The molecule has 3 aromatic rings. The van der Waals surface area contributed by atoms with Gasteiger partial charge in [0.1, 0.15) is 5.75 Å². The third-order valence-electron chi connectivity index (χ3n) is 5.14. The zero-order chi connectivity index (χ0) is 20.9. The summed E-state index contributed by atoms with van der Waals surface area (Å²) in [5.41, 5.74) is 4.06. The van der Waals surface area contributed by atoms with Crippen molar-refractivity contribution >= 4 is 11.7 Å². The third-order valence-corrected chi connectivity index (χ3v) is 5.14. The Bertz CT molecular complexity index is 980. The number of ether oxygens (including phenoxy) is 1. The largest absolute Gasteiger partial charge is 0.484 e. The number of rotatable bonds is 5. The fraction of sp³-hybridized carbons (Fsp3) is 0.304. The smallest absolute Gasteiger partial charge is 0.260 e. The van der Waals surface area contributed by atoms with Crippen LogP contribution in [0.1, 0.15) is 11.1 Å². The van der Waals surface area contributed by atoms with E-state index in [2.05, 4.69) is 26.1 Å². The molecule has 0 bridgehead atoms. The summed E-state index contributed by atoms with van der Waals surface area (Å²) in [4.78, 5) is 20.6. The number of benzene rings is 1. The summed E-state index contributed by atoms with van der Waals surface area (Å²) in [5, 5.41) is 8.70. The summed E-state index contributed by atoms with van der Waals surface area (Å²) in [5.74, 6) is 1.57. The van der Waals surface area contributed by atoms with Crippen molar-refractivity contribution in [3.05, 3.63) is 66.0 Å². The fourth-order valence-corrected chi connectivity index (χ4v) is 3.61. The van der Waals surface area contributed by atoms with Gasteiger partial charge in [0.05, 0.1) is 5.69 Å². The second-order valence-corrected chi connectivity index (χ2v) is 7.49. The first-order valence-corrected chi connectivity index (χ1v) is 10.1. The lowest BCUT2D eigenvalue weighted by molar-refractivity contribution is -0.133. The maximum absolute atomic E-state index is 12.5. The zero-order valence-electron chi connectivity index (χ0n) is 17.3. The van der Waals surface area contributed by atoms with Crippen LogP contribution in [0.15, 0.2) is 54.9 Å². The van der Waals surface area contributed by atoms with E-state index >= 15 is 0 Å². The van der Waals surface area contributed by atoms with Crippen molar-refractivity contribution in [2.75, 3.05) is 37.7 Å². The highest BCUT2D eigenvalue weighted by molar-refractivity contribution is 5.78. The normalized spacial score (nSPS) is 13.9. The Labute approximate surface area is 176 Å². The SMILES string of the molecule is Cc1cc(C)cc(OCC(=O)N2CCN(c3ccc(-c4ccncc4)nn3)CC2)c1. The Morgan fingerprint density at radius 3 is 2.27 bits per heavy atom. The summed E-state index contributed by atoms with van der Waals surface area (Å²) < 4.78 is 5.72. The lowest BCUT2D eigenvalue weighted by Crippen LogP contribution is -2.50. The highest BCUT2D eigenvalue weighted by atomic mass is 16.5. The van der Waals surface area contributed by atoms with E-state index in [1.54, 1.807) is 12.4 Å². The number of amides is 1. The number of carbonyl (C=O) groups is 1. The van der Waals surface area contributed by atoms with Gasteiger partial charge in [-0.2, -0.15) is 0 Å². The van der Waals surface area contributed by atoms with Gasteiger partial charge in [0.25, 0.3) is 5.91 Å². The molecule has 7 heteroatoms. The van der Waals surface area contributed by atoms with E-state index in [-0.39, 0.29) is 12.5 Å². The summed E-state index contributed by atoms with van der Waals surface area (Å²) in [7, 11) is 0. The number of hydrogen-bond acceptors (Lipinski definition) is 6. The van der Waals surface area contributed by atoms with Gasteiger partial charge in [-0.3, -0.25) is 9.78 Å². The maximum Gasteiger partial charge on any atom is 0.260 e. The monoisotopic (exact) mass is 403 g/mol. The molecule has 0 saturated carbocycles. The molecule has 0 aliphatic carbocycles. The minimum absolute atomic E-state index is 0.00734. The van der Waals surface area contributed by atoms with E-state index < -0.39 is 0 Å². The van der Waals surface area contributed by atoms with Crippen molar-refractivity contribution in [1.29, 1.82) is 0 Å². The average molecular weight is 403 g/mol. The molecule has 1 aliphatic heterocycles. The van der Waals surface area contributed by atoms with E-state index in [4.69, 9.17) is 4.74 Å². The van der Waals surface area contributed by atoms with Crippen LogP contribution in [0.2, 0.25) is 0 Å². The molecule has 2 aromatic heterocycles. The van der Waals surface area contributed by atoms with E-state index in [1.165, 1.54) is 0 Å². The van der Waals surface area contributed by atoms with Crippen LogP contribution in [0.5, 0.6) is 5.75 Å². The minimum Gasteiger partial charge on any atom is -0.484 e. The lowest BCUT2D eigenvalue weighted by atomic mass is 10.1. The topological polar surface area (TPSA) is 71.5 Å². The van der Waals surface area contributed by atoms with Crippen LogP contribution in [0, 0.1) is 13.8 Å². The molecule has 154 valence electrons. The van der Waals surface area contributed by atoms with Crippen molar-refractivity contribution < 1.29 is 9.53 Å². The van der Waals surface area contributed by atoms with E-state index in [0.717, 1.165) is 47.0 Å². The molecule has 0 N–H and O–H groups in total. The number of aromatic nitrogens is 3. The van der Waals surface area contributed by atoms with Gasteiger partial charge >= 0.3 is 0 Å². The number of nitrogens with zero attached hydrogens (tertiary/aromatic N) is 5. The first-order valence-electron chi connectivity index (χ1n) is 10.1. The highest BCUT2D eigenvalue weighted by Gasteiger charge is 2.22. The molecule has 4 rings (SSSR count). The Morgan fingerprint density at radius 2 is 1.63 bits per heavy atom. The summed E-state index contributed by atoms with van der Waals surface area (Å²) in [6, 6.07) is 13.7. The first kappa shape index (κ1) is 19.8. The van der Waals surface area contributed by atoms with Gasteiger partial charge in [-0.25, -0.2) is 0 Å². The van der Waals surface area contributed by atoms with Gasteiger partial charge in [-0.1, -0.05) is 6.07 Å². The molecule has 1 amide bonds. The molecule has 0 unspecified atom stereocenters. The van der Waals surface area contributed by atoms with Gasteiger partial charge in [0.2, 0.25) is 0 Å². The van der Waals surface area contributed by atoms with Crippen molar-refractivity contribution in [3.8, 4) is 17.0 Å². The van der Waals surface area contributed by atoms with E-state index in [1.807, 2.05) is 55.1 Å². The lowest BCUT2D eigenvalue weighted by Gasteiger charge is -2.35. The Hall–Kier alpha value is -3.48. The number of pyridine rings is 1. The van der Waals surface area contributed by atoms with Crippen LogP contribution in [0.4, 0.5) is 5.82 Å². The van der Waals surface area contributed by atoms with E-state index in [9.17, 15) is 4.79 Å². The van der Waals surface area contributed by atoms with Crippen molar-refractivity contribution in [2.45, 2.75) is 13.8 Å². The quantitative estimate of drug-likeness (QED) is 0.652. The Kier molecular flexibility index (Phi) is 5.88. The van der Waals surface area contributed by atoms with Gasteiger partial charge in [-0.15, -0.1) is 10.2 Å². The van der Waals surface area contributed by atoms with Gasteiger partial charge in [0.15, 0.2) is 12.4 Å². The maximum atomic E-state index is 12.5. The van der Waals surface area contributed by atoms with E-state index in [0.29, 0.717) is 13.1 Å². The zero-order valence-corrected chi connectivity index (χ0v) is 17.3. The molecule has 1 aromatic carbocycles. The first-order chi connectivity index (χ1) is 14.6. The number of carbonyl (C=O) groups excluding carboxylic acids is 1. The summed E-state index contributed by atoms with van der Waals surface area (Å²) in [6.45, 7) is 6.83. The number of aryl methyl sites for hydroxylation is 2. The Balaban J connectivity index is 1.29. The van der Waals surface area contributed by atoms with Crippen molar-refractivity contribution in [1.82, 2.24) is 20.1 Å². The van der Waals surface area contributed by atoms with Crippen molar-refractivity contribution in [3.63, 3.8) is 0 Å². The summed E-state index contributed by atoms with van der Waals surface area (Å²) in [6.07, 6.45) is 3.48. The molecule has 0 radical (unpaired) electrons. The number of anilines is 1. The average Bonchev–Trinajstić information content (AvgIpc) is 2.78. The molecule has 3 heterocycles. The highest BCUT2D eigenvalue weighted by Crippen LogP contribution is 2.19. The van der Waals surface area contributed by atoms with Gasteiger partial charge in [0, 0.05) is 44.1 Å². The van der Waals surface area contributed by atoms with Crippen LogP contribution >= 0.6 is 0 Å². The molecular weight excluding hydrogens is 378 g/mol. The molecule has 1 saturated heterocycles.